The Morgan fingerprint density at radius 3 is 2.36 bits per heavy atom. The average Bonchev–Trinajstić information content (AvgIpc) is 2.82. The molecule has 0 unspecified atom stereocenters. The molecule has 1 aliphatic heterocycles. The summed E-state index contributed by atoms with van der Waals surface area (Å²) in [5.41, 5.74) is 3.06. The van der Waals surface area contributed by atoms with Gasteiger partial charge in [-0.1, -0.05) is 30.3 Å². The second-order valence-corrected chi connectivity index (χ2v) is 6.33. The minimum absolute atomic E-state index is 0.0803. The van der Waals surface area contributed by atoms with Crippen molar-refractivity contribution in [2.45, 2.75) is 25.8 Å². The Balaban J connectivity index is 1.42. The van der Waals surface area contributed by atoms with Gasteiger partial charge in [-0.2, -0.15) is 0 Å². The fraction of sp³-hybridized carbons (Fsp3) is 0.316. The van der Waals surface area contributed by atoms with Gasteiger partial charge in [0.05, 0.1) is 6.54 Å². The van der Waals surface area contributed by atoms with Crippen LogP contribution in [-0.2, 0) is 24.2 Å². The Morgan fingerprint density at radius 2 is 1.68 bits per heavy atom. The molecule has 0 aliphatic carbocycles. The highest BCUT2D eigenvalue weighted by Gasteiger charge is 2.18. The summed E-state index contributed by atoms with van der Waals surface area (Å²) in [7, 11) is 0. The standard InChI is InChI=1S/C19H20N4O2/c24-18(21-12-8-15-5-1-2-6-16(15)9-13-21)10-14-23-19(25)22-11-4-3-7-17(22)20-23/h1-7,11H,8-10,12-14H2. The lowest BCUT2D eigenvalue weighted by molar-refractivity contribution is -0.131. The molecular weight excluding hydrogens is 316 g/mol. The summed E-state index contributed by atoms with van der Waals surface area (Å²) < 4.78 is 2.87. The second kappa shape index (κ2) is 6.55. The van der Waals surface area contributed by atoms with Crippen molar-refractivity contribution >= 4 is 11.6 Å². The third kappa shape index (κ3) is 3.07. The molecule has 0 saturated carbocycles. The maximum Gasteiger partial charge on any atom is 0.350 e. The van der Waals surface area contributed by atoms with E-state index in [1.165, 1.54) is 20.2 Å². The normalized spacial score (nSPS) is 14.3. The third-order valence-corrected chi connectivity index (χ3v) is 4.80. The molecule has 0 atom stereocenters. The third-order valence-electron chi connectivity index (χ3n) is 4.80. The Labute approximate surface area is 145 Å². The summed E-state index contributed by atoms with van der Waals surface area (Å²) in [6.07, 6.45) is 3.75. The van der Waals surface area contributed by atoms with Crippen LogP contribution in [0.15, 0.2) is 53.5 Å². The molecular formula is C19H20N4O2. The summed E-state index contributed by atoms with van der Waals surface area (Å²) in [4.78, 5) is 26.7. The fourth-order valence-corrected chi connectivity index (χ4v) is 3.39. The molecule has 4 rings (SSSR count). The smallest absolute Gasteiger partial charge is 0.342 e. The fourth-order valence-electron chi connectivity index (χ4n) is 3.39. The van der Waals surface area contributed by atoms with Crippen molar-refractivity contribution < 1.29 is 4.79 Å². The van der Waals surface area contributed by atoms with Crippen LogP contribution in [0.25, 0.3) is 5.65 Å². The molecule has 0 radical (unpaired) electrons. The van der Waals surface area contributed by atoms with E-state index in [0.29, 0.717) is 18.6 Å². The van der Waals surface area contributed by atoms with Crippen LogP contribution in [0.2, 0.25) is 0 Å². The van der Waals surface area contributed by atoms with Gasteiger partial charge in [0.25, 0.3) is 0 Å². The van der Waals surface area contributed by atoms with Crippen LogP contribution in [0.4, 0.5) is 0 Å². The first-order chi connectivity index (χ1) is 12.2. The van der Waals surface area contributed by atoms with Gasteiger partial charge in [0.2, 0.25) is 5.91 Å². The highest BCUT2D eigenvalue weighted by molar-refractivity contribution is 5.76. The minimum atomic E-state index is -0.202. The van der Waals surface area contributed by atoms with Gasteiger partial charge < -0.3 is 4.90 Å². The van der Waals surface area contributed by atoms with Gasteiger partial charge in [-0.3, -0.25) is 9.20 Å². The molecule has 25 heavy (non-hydrogen) atoms. The number of amides is 1. The van der Waals surface area contributed by atoms with Gasteiger partial charge in [-0.05, 0) is 36.1 Å². The molecule has 6 heteroatoms. The molecule has 128 valence electrons. The van der Waals surface area contributed by atoms with Gasteiger partial charge in [0.15, 0.2) is 5.65 Å². The van der Waals surface area contributed by atoms with E-state index in [9.17, 15) is 9.59 Å². The van der Waals surface area contributed by atoms with E-state index >= 15 is 0 Å². The topological polar surface area (TPSA) is 59.6 Å². The van der Waals surface area contributed by atoms with E-state index in [4.69, 9.17) is 0 Å². The molecule has 3 heterocycles. The molecule has 2 aromatic heterocycles. The summed E-state index contributed by atoms with van der Waals surface area (Å²) in [5, 5.41) is 4.28. The van der Waals surface area contributed by atoms with E-state index in [2.05, 4.69) is 17.2 Å². The van der Waals surface area contributed by atoms with Gasteiger partial charge in [-0.25, -0.2) is 9.48 Å². The van der Waals surface area contributed by atoms with Gasteiger partial charge in [0, 0.05) is 25.7 Å². The van der Waals surface area contributed by atoms with Crippen molar-refractivity contribution in [2.75, 3.05) is 13.1 Å². The summed E-state index contributed by atoms with van der Waals surface area (Å²) in [6.45, 7) is 1.77. The number of nitrogens with zero attached hydrogens (tertiary/aromatic N) is 4. The van der Waals surface area contributed by atoms with Gasteiger partial charge in [-0.15, -0.1) is 5.10 Å². The first kappa shape index (κ1) is 15.6. The van der Waals surface area contributed by atoms with Crippen molar-refractivity contribution in [3.05, 3.63) is 70.3 Å². The highest BCUT2D eigenvalue weighted by Crippen LogP contribution is 2.16. The second-order valence-electron chi connectivity index (χ2n) is 6.33. The number of fused-ring (bicyclic) bond motifs is 2. The number of rotatable bonds is 3. The van der Waals surface area contributed by atoms with Crippen LogP contribution < -0.4 is 5.69 Å². The molecule has 0 spiro atoms. The number of hydrogen-bond acceptors (Lipinski definition) is 3. The van der Waals surface area contributed by atoms with E-state index in [1.54, 1.807) is 18.3 Å². The molecule has 3 aromatic rings. The maximum absolute atomic E-state index is 12.6. The first-order valence-electron chi connectivity index (χ1n) is 8.61. The van der Waals surface area contributed by atoms with Gasteiger partial charge >= 0.3 is 5.69 Å². The lowest BCUT2D eigenvalue weighted by atomic mass is 10.0. The highest BCUT2D eigenvalue weighted by atomic mass is 16.2. The van der Waals surface area contributed by atoms with Crippen LogP contribution in [0.5, 0.6) is 0 Å². The first-order valence-corrected chi connectivity index (χ1v) is 8.61. The summed E-state index contributed by atoms with van der Waals surface area (Å²) in [6, 6.07) is 13.8. The molecule has 1 aliphatic rings. The SMILES string of the molecule is O=C(CCn1nc2ccccn2c1=O)N1CCc2ccccc2CC1. The summed E-state index contributed by atoms with van der Waals surface area (Å²) >= 11 is 0. The van der Waals surface area contributed by atoms with Crippen molar-refractivity contribution in [2.24, 2.45) is 0 Å². The van der Waals surface area contributed by atoms with Crippen molar-refractivity contribution in [1.82, 2.24) is 19.1 Å². The monoisotopic (exact) mass is 336 g/mol. The van der Waals surface area contributed by atoms with Crippen LogP contribution in [0.1, 0.15) is 17.5 Å². The quantitative estimate of drug-likeness (QED) is 0.728. The summed E-state index contributed by atoms with van der Waals surface area (Å²) in [5.74, 6) is 0.0803. The number of pyridine rings is 1. The van der Waals surface area contributed by atoms with E-state index in [-0.39, 0.29) is 11.6 Å². The lowest BCUT2D eigenvalue weighted by Crippen LogP contribution is -2.34. The predicted octanol–water partition coefficient (Wildman–Crippen LogP) is 1.51. The van der Waals surface area contributed by atoms with Crippen molar-refractivity contribution in [1.29, 1.82) is 0 Å². The van der Waals surface area contributed by atoms with E-state index < -0.39 is 0 Å². The largest absolute Gasteiger partial charge is 0.350 e. The Morgan fingerprint density at radius 1 is 1.00 bits per heavy atom. The van der Waals surface area contributed by atoms with Crippen LogP contribution >= 0.6 is 0 Å². The Kier molecular flexibility index (Phi) is 4.09. The zero-order chi connectivity index (χ0) is 17.2. The van der Waals surface area contributed by atoms with E-state index in [1.807, 2.05) is 23.1 Å². The molecule has 0 N–H and O–H groups in total. The Bertz CT molecular complexity index is 946. The molecule has 1 aromatic carbocycles. The lowest BCUT2D eigenvalue weighted by Gasteiger charge is -2.20. The molecule has 0 saturated heterocycles. The number of aromatic nitrogens is 3. The number of carbonyl (C=O) groups excluding carboxylic acids is 1. The number of hydrogen-bond donors (Lipinski definition) is 0. The molecule has 0 bridgehead atoms. The van der Waals surface area contributed by atoms with Gasteiger partial charge in [0.1, 0.15) is 0 Å². The van der Waals surface area contributed by atoms with Crippen LogP contribution in [-0.4, -0.2) is 38.1 Å². The van der Waals surface area contributed by atoms with E-state index in [0.717, 1.165) is 25.9 Å². The zero-order valence-electron chi connectivity index (χ0n) is 14.0. The maximum atomic E-state index is 12.6. The number of carbonyl (C=O) groups is 1. The number of aryl methyl sites for hydroxylation is 1. The number of benzene rings is 1. The molecule has 6 nitrogen and oxygen atoms in total. The predicted molar refractivity (Wildman–Crippen MR) is 94.5 cm³/mol. The zero-order valence-corrected chi connectivity index (χ0v) is 14.0. The average molecular weight is 336 g/mol. The molecule has 1 amide bonds. The molecule has 0 fully saturated rings. The minimum Gasteiger partial charge on any atom is -0.342 e. The Hall–Kier alpha value is -2.89. The van der Waals surface area contributed by atoms with Crippen molar-refractivity contribution in [3.63, 3.8) is 0 Å². The van der Waals surface area contributed by atoms with Crippen LogP contribution in [0.3, 0.4) is 0 Å². The van der Waals surface area contributed by atoms with Crippen molar-refractivity contribution in [3.8, 4) is 0 Å². The van der Waals surface area contributed by atoms with Crippen LogP contribution in [0, 0.1) is 0 Å².